The van der Waals surface area contributed by atoms with E-state index in [2.05, 4.69) is 15.0 Å². The Morgan fingerprint density at radius 1 is 1.23 bits per heavy atom. The molecule has 0 bridgehead atoms. The number of hydrogen-bond donors (Lipinski definition) is 0. The van der Waals surface area contributed by atoms with Gasteiger partial charge in [0.25, 0.3) is 10.0 Å². The van der Waals surface area contributed by atoms with E-state index in [1.165, 1.54) is 35.8 Å². The Bertz CT molecular complexity index is 1050. The van der Waals surface area contributed by atoms with Gasteiger partial charge in [0.15, 0.2) is 11.5 Å². The molecule has 1 aliphatic rings. The lowest BCUT2D eigenvalue weighted by Gasteiger charge is -2.25. The van der Waals surface area contributed by atoms with E-state index in [4.69, 9.17) is 8.94 Å². The average molecular weight is 378 g/mol. The minimum Gasteiger partial charge on any atom is -0.464 e. The largest absolute Gasteiger partial charge is 0.464 e. The average Bonchev–Trinajstić information content (AvgIpc) is 3.39. The first-order valence-corrected chi connectivity index (χ1v) is 9.09. The number of fused-ring (bicyclic) bond motifs is 1. The van der Waals surface area contributed by atoms with Gasteiger partial charge >= 0.3 is 5.97 Å². The monoisotopic (exact) mass is 378 g/mol. The lowest BCUT2D eigenvalue weighted by Crippen LogP contribution is -2.38. The van der Waals surface area contributed by atoms with E-state index < -0.39 is 16.0 Å². The number of methoxy groups -OCH3 is 1. The molecule has 0 aromatic carbocycles. The van der Waals surface area contributed by atoms with Crippen LogP contribution in [0.3, 0.4) is 0 Å². The molecular weight excluding hydrogens is 364 g/mol. The molecule has 0 unspecified atom stereocenters. The molecule has 3 aromatic heterocycles. The molecule has 4 rings (SSSR count). The molecule has 1 aliphatic heterocycles. The van der Waals surface area contributed by atoms with Gasteiger partial charge in [0.2, 0.25) is 10.9 Å². The highest BCUT2D eigenvalue weighted by atomic mass is 32.2. The Balaban J connectivity index is 1.59. The molecule has 0 saturated heterocycles. The summed E-state index contributed by atoms with van der Waals surface area (Å²) in [6, 6.07) is 5.98. The fraction of sp³-hybridized carbons (Fsp3) is 0.267. The second-order valence-electron chi connectivity index (χ2n) is 5.57. The smallest absolute Gasteiger partial charge is 0.358 e. The second kappa shape index (κ2) is 6.11. The molecule has 0 amide bonds. The number of aromatic nitrogens is 3. The van der Waals surface area contributed by atoms with Crippen molar-refractivity contribution in [2.75, 3.05) is 13.7 Å². The summed E-state index contributed by atoms with van der Waals surface area (Å²) < 4.78 is 43.6. The third-order valence-electron chi connectivity index (χ3n) is 4.01. The van der Waals surface area contributed by atoms with Gasteiger partial charge in [-0.25, -0.2) is 13.2 Å². The number of rotatable bonds is 4. The van der Waals surface area contributed by atoms with Crippen LogP contribution in [-0.4, -0.2) is 47.3 Å². The lowest BCUT2D eigenvalue weighted by molar-refractivity contribution is 0.0593. The maximum Gasteiger partial charge on any atom is 0.358 e. The molecule has 136 valence electrons. The first-order chi connectivity index (χ1) is 12.5. The van der Waals surface area contributed by atoms with Crippen LogP contribution in [0, 0.1) is 0 Å². The molecule has 10 nitrogen and oxygen atoms in total. The summed E-state index contributed by atoms with van der Waals surface area (Å²) in [5, 5.41) is 7.50. The minimum absolute atomic E-state index is 0.0741. The third-order valence-corrected chi connectivity index (χ3v) is 5.73. The second-order valence-corrected chi connectivity index (χ2v) is 7.44. The van der Waals surface area contributed by atoms with Crippen LogP contribution in [0.15, 0.2) is 44.5 Å². The molecule has 3 aromatic rings. The molecule has 0 atom stereocenters. The van der Waals surface area contributed by atoms with E-state index in [1.54, 1.807) is 10.7 Å². The molecular formula is C15H14N4O6S. The zero-order chi connectivity index (χ0) is 18.3. The van der Waals surface area contributed by atoms with Crippen molar-refractivity contribution in [1.29, 1.82) is 0 Å². The van der Waals surface area contributed by atoms with Crippen molar-refractivity contribution >= 4 is 16.0 Å². The van der Waals surface area contributed by atoms with E-state index in [9.17, 15) is 13.2 Å². The summed E-state index contributed by atoms with van der Waals surface area (Å²) in [5.74, 6) is 0.0473. The van der Waals surface area contributed by atoms with Crippen LogP contribution in [-0.2, 0) is 27.8 Å². The maximum absolute atomic E-state index is 12.8. The molecule has 11 heteroatoms. The van der Waals surface area contributed by atoms with Crippen molar-refractivity contribution in [3.05, 3.63) is 41.9 Å². The van der Waals surface area contributed by atoms with Gasteiger partial charge < -0.3 is 13.7 Å². The van der Waals surface area contributed by atoms with Gasteiger partial charge in [0.1, 0.15) is 0 Å². The van der Waals surface area contributed by atoms with Gasteiger partial charge in [-0.3, -0.25) is 4.68 Å². The van der Waals surface area contributed by atoms with Crippen LogP contribution < -0.4 is 0 Å². The zero-order valence-electron chi connectivity index (χ0n) is 13.7. The van der Waals surface area contributed by atoms with E-state index in [-0.39, 0.29) is 29.6 Å². The van der Waals surface area contributed by atoms with Crippen molar-refractivity contribution < 1.29 is 26.9 Å². The fourth-order valence-corrected chi connectivity index (χ4v) is 4.03. The number of carbonyl (C=O) groups excluding carboxylic acids is 1. The number of ether oxygens (including phenoxy) is 1. The van der Waals surface area contributed by atoms with Gasteiger partial charge in [0.05, 0.1) is 32.1 Å². The van der Waals surface area contributed by atoms with Crippen LogP contribution in [0.2, 0.25) is 0 Å². The highest BCUT2D eigenvalue weighted by Crippen LogP contribution is 2.28. The van der Waals surface area contributed by atoms with Crippen molar-refractivity contribution in [3.63, 3.8) is 0 Å². The molecule has 0 radical (unpaired) electrons. The van der Waals surface area contributed by atoms with Crippen molar-refractivity contribution in [3.8, 4) is 11.5 Å². The molecule has 0 fully saturated rings. The van der Waals surface area contributed by atoms with Gasteiger partial charge in [-0.1, -0.05) is 5.16 Å². The standard InChI is InChI=1S/C15H14N4O6S/c1-23-15(20)11-8-10-9-18(6-7-19(10)17-11)26(21,22)14-3-2-12(24-14)13-4-5-16-25-13/h2-5,8H,6-7,9H2,1H3. The number of esters is 1. The van der Waals surface area contributed by atoms with Crippen LogP contribution >= 0.6 is 0 Å². The topological polar surface area (TPSA) is 121 Å². The quantitative estimate of drug-likeness (QED) is 0.619. The summed E-state index contributed by atoms with van der Waals surface area (Å²) in [4.78, 5) is 11.6. The molecule has 0 N–H and O–H groups in total. The fourth-order valence-electron chi connectivity index (χ4n) is 2.71. The van der Waals surface area contributed by atoms with E-state index in [0.29, 0.717) is 18.0 Å². The first kappa shape index (κ1) is 16.5. The number of furan rings is 1. The van der Waals surface area contributed by atoms with Crippen LogP contribution in [0.25, 0.3) is 11.5 Å². The highest BCUT2D eigenvalue weighted by molar-refractivity contribution is 7.89. The summed E-state index contributed by atoms with van der Waals surface area (Å²) in [6.07, 6.45) is 1.44. The van der Waals surface area contributed by atoms with E-state index in [1.807, 2.05) is 0 Å². The molecule has 0 spiro atoms. The van der Waals surface area contributed by atoms with Crippen LogP contribution in [0.5, 0.6) is 0 Å². The first-order valence-electron chi connectivity index (χ1n) is 7.65. The number of carbonyl (C=O) groups is 1. The van der Waals surface area contributed by atoms with Crippen LogP contribution in [0.4, 0.5) is 0 Å². The van der Waals surface area contributed by atoms with Gasteiger partial charge in [0, 0.05) is 12.6 Å². The molecule has 4 heterocycles. The van der Waals surface area contributed by atoms with Crippen molar-refractivity contribution in [2.24, 2.45) is 0 Å². The predicted molar refractivity (Wildman–Crippen MR) is 85.4 cm³/mol. The normalized spacial score (nSPS) is 15.0. The Kier molecular flexibility index (Phi) is 3.89. The number of sulfonamides is 1. The maximum atomic E-state index is 12.8. The van der Waals surface area contributed by atoms with Crippen LogP contribution in [0.1, 0.15) is 16.2 Å². The van der Waals surface area contributed by atoms with Gasteiger partial charge in [-0.15, -0.1) is 0 Å². The summed E-state index contributed by atoms with van der Waals surface area (Å²) >= 11 is 0. The molecule has 0 aliphatic carbocycles. The number of nitrogens with zero attached hydrogens (tertiary/aromatic N) is 4. The van der Waals surface area contributed by atoms with Crippen molar-refractivity contribution in [1.82, 2.24) is 19.2 Å². The Hall–Kier alpha value is -2.92. The SMILES string of the molecule is COC(=O)c1cc2n(n1)CCN(S(=O)(=O)c1ccc(-c3ccno3)o1)C2. The zero-order valence-corrected chi connectivity index (χ0v) is 14.5. The van der Waals surface area contributed by atoms with Crippen molar-refractivity contribution in [2.45, 2.75) is 18.2 Å². The van der Waals surface area contributed by atoms with E-state index in [0.717, 1.165) is 0 Å². The van der Waals surface area contributed by atoms with Gasteiger partial charge in [-0.2, -0.15) is 9.40 Å². The Morgan fingerprint density at radius 3 is 2.81 bits per heavy atom. The highest BCUT2D eigenvalue weighted by Gasteiger charge is 2.32. The van der Waals surface area contributed by atoms with Gasteiger partial charge in [-0.05, 0) is 18.2 Å². The third kappa shape index (κ3) is 2.70. The summed E-state index contributed by atoms with van der Waals surface area (Å²) in [6.45, 7) is 0.599. The lowest BCUT2D eigenvalue weighted by atomic mass is 10.3. The Labute approximate surface area is 148 Å². The Morgan fingerprint density at radius 2 is 2.08 bits per heavy atom. The molecule has 0 saturated carbocycles. The van der Waals surface area contributed by atoms with E-state index >= 15 is 0 Å². The number of hydrogen-bond acceptors (Lipinski definition) is 8. The summed E-state index contributed by atoms with van der Waals surface area (Å²) in [7, 11) is -2.58. The summed E-state index contributed by atoms with van der Waals surface area (Å²) in [5.41, 5.74) is 0.745. The molecule has 26 heavy (non-hydrogen) atoms. The predicted octanol–water partition coefficient (Wildman–Crippen LogP) is 1.12. The minimum atomic E-state index is -3.84.